The summed E-state index contributed by atoms with van der Waals surface area (Å²) < 4.78 is 0. The Labute approximate surface area is 115 Å². The summed E-state index contributed by atoms with van der Waals surface area (Å²) in [5.74, 6) is 0.914. The molecule has 2 rings (SSSR count). The van der Waals surface area contributed by atoms with Gasteiger partial charge in [0.1, 0.15) is 0 Å². The number of rotatable bonds is 4. The van der Waals surface area contributed by atoms with Gasteiger partial charge in [-0.25, -0.2) is 0 Å². The number of anilines is 1. The second-order valence-electron chi connectivity index (χ2n) is 5.48. The van der Waals surface area contributed by atoms with Crippen LogP contribution in [0.2, 0.25) is 5.02 Å². The van der Waals surface area contributed by atoms with Gasteiger partial charge in [-0.15, -0.1) is 0 Å². The van der Waals surface area contributed by atoms with Crippen LogP contribution in [0.1, 0.15) is 31.7 Å². The van der Waals surface area contributed by atoms with Crippen molar-refractivity contribution in [1.29, 1.82) is 0 Å². The van der Waals surface area contributed by atoms with Crippen LogP contribution in [-0.2, 0) is 6.42 Å². The molecular formula is C15H23ClN2. The Morgan fingerprint density at radius 3 is 2.72 bits per heavy atom. The maximum Gasteiger partial charge on any atom is 0.0635 e. The summed E-state index contributed by atoms with van der Waals surface area (Å²) in [5.41, 5.74) is 7.80. The standard InChI is InChI=1S/C15H23ClN2/c1-12-6-9-18(10-7-12)8-2-3-13-4-5-14(16)15(17)11-13/h4-5,11-12H,2-3,6-10,17H2,1H3. The number of nitrogens with two attached hydrogens (primary N) is 1. The molecule has 0 spiro atoms. The molecule has 1 aromatic rings. The van der Waals surface area contributed by atoms with Crippen LogP contribution in [0.25, 0.3) is 0 Å². The number of piperidine rings is 1. The Kier molecular flexibility index (Phi) is 4.90. The molecule has 1 saturated heterocycles. The molecule has 1 aliphatic rings. The van der Waals surface area contributed by atoms with Gasteiger partial charge in [-0.3, -0.25) is 0 Å². The van der Waals surface area contributed by atoms with Gasteiger partial charge in [0.05, 0.1) is 10.7 Å². The van der Waals surface area contributed by atoms with E-state index in [1.54, 1.807) is 0 Å². The third kappa shape index (κ3) is 3.89. The normalized spacial score (nSPS) is 18.1. The average Bonchev–Trinajstić information content (AvgIpc) is 2.36. The van der Waals surface area contributed by atoms with Crippen molar-refractivity contribution in [2.45, 2.75) is 32.6 Å². The molecule has 0 amide bonds. The first kappa shape index (κ1) is 13.7. The first-order valence-electron chi connectivity index (χ1n) is 6.91. The molecule has 1 aromatic carbocycles. The van der Waals surface area contributed by atoms with E-state index >= 15 is 0 Å². The lowest BCUT2D eigenvalue weighted by molar-refractivity contribution is 0.191. The molecule has 18 heavy (non-hydrogen) atoms. The summed E-state index contributed by atoms with van der Waals surface area (Å²) >= 11 is 5.92. The van der Waals surface area contributed by atoms with E-state index in [1.807, 2.05) is 12.1 Å². The molecule has 3 heteroatoms. The second kappa shape index (κ2) is 6.44. The minimum Gasteiger partial charge on any atom is -0.398 e. The molecule has 0 radical (unpaired) electrons. The van der Waals surface area contributed by atoms with E-state index in [0.29, 0.717) is 10.7 Å². The van der Waals surface area contributed by atoms with Crippen LogP contribution >= 0.6 is 11.6 Å². The zero-order valence-corrected chi connectivity index (χ0v) is 11.9. The van der Waals surface area contributed by atoms with E-state index in [9.17, 15) is 0 Å². The topological polar surface area (TPSA) is 29.3 Å². The van der Waals surface area contributed by atoms with Crippen LogP contribution in [0.4, 0.5) is 5.69 Å². The van der Waals surface area contributed by atoms with E-state index in [-0.39, 0.29) is 0 Å². The van der Waals surface area contributed by atoms with Gasteiger partial charge in [0.2, 0.25) is 0 Å². The van der Waals surface area contributed by atoms with Crippen LogP contribution in [0.5, 0.6) is 0 Å². The Hall–Kier alpha value is -0.730. The molecule has 100 valence electrons. The molecule has 1 heterocycles. The first-order valence-corrected chi connectivity index (χ1v) is 7.29. The Bertz CT molecular complexity index is 384. The molecule has 1 fully saturated rings. The van der Waals surface area contributed by atoms with Gasteiger partial charge < -0.3 is 10.6 Å². The molecule has 0 saturated carbocycles. The molecule has 0 bridgehead atoms. The van der Waals surface area contributed by atoms with Gasteiger partial charge in [0.25, 0.3) is 0 Å². The van der Waals surface area contributed by atoms with Gasteiger partial charge in [-0.1, -0.05) is 24.6 Å². The van der Waals surface area contributed by atoms with Crippen molar-refractivity contribution in [3.05, 3.63) is 28.8 Å². The lowest BCUT2D eigenvalue weighted by Crippen LogP contribution is -2.33. The fraction of sp³-hybridized carbons (Fsp3) is 0.600. The van der Waals surface area contributed by atoms with Gasteiger partial charge in [0.15, 0.2) is 0 Å². The minimum atomic E-state index is 0.656. The van der Waals surface area contributed by atoms with Crippen molar-refractivity contribution < 1.29 is 0 Å². The molecule has 1 aliphatic heterocycles. The van der Waals surface area contributed by atoms with Crippen molar-refractivity contribution in [3.8, 4) is 0 Å². The highest BCUT2D eigenvalue weighted by Gasteiger charge is 2.14. The summed E-state index contributed by atoms with van der Waals surface area (Å²) in [6.07, 6.45) is 5.00. The molecular weight excluding hydrogens is 244 g/mol. The summed E-state index contributed by atoms with van der Waals surface area (Å²) in [4.78, 5) is 2.58. The number of hydrogen-bond donors (Lipinski definition) is 1. The summed E-state index contributed by atoms with van der Waals surface area (Å²) in [6, 6.07) is 5.98. The maximum absolute atomic E-state index is 5.92. The number of aryl methyl sites for hydroxylation is 1. The highest BCUT2D eigenvalue weighted by atomic mass is 35.5. The van der Waals surface area contributed by atoms with E-state index in [4.69, 9.17) is 17.3 Å². The first-order chi connectivity index (χ1) is 8.65. The zero-order valence-electron chi connectivity index (χ0n) is 11.2. The maximum atomic E-state index is 5.92. The lowest BCUT2D eigenvalue weighted by Gasteiger charge is -2.30. The van der Waals surface area contributed by atoms with Crippen molar-refractivity contribution in [2.75, 3.05) is 25.4 Å². The van der Waals surface area contributed by atoms with Crippen LogP contribution in [0.15, 0.2) is 18.2 Å². The summed E-state index contributed by atoms with van der Waals surface area (Å²) in [6.45, 7) is 6.09. The molecule has 0 aliphatic carbocycles. The third-order valence-electron chi connectivity index (χ3n) is 3.88. The number of benzene rings is 1. The SMILES string of the molecule is CC1CCN(CCCc2ccc(Cl)c(N)c2)CC1. The monoisotopic (exact) mass is 266 g/mol. The largest absolute Gasteiger partial charge is 0.398 e. The fourth-order valence-electron chi connectivity index (χ4n) is 2.54. The number of nitrogen functional groups attached to an aromatic ring is 1. The highest BCUT2D eigenvalue weighted by molar-refractivity contribution is 6.33. The van der Waals surface area contributed by atoms with E-state index < -0.39 is 0 Å². The summed E-state index contributed by atoms with van der Waals surface area (Å²) in [7, 11) is 0. The van der Waals surface area contributed by atoms with Crippen molar-refractivity contribution >= 4 is 17.3 Å². The van der Waals surface area contributed by atoms with E-state index in [2.05, 4.69) is 17.9 Å². The summed E-state index contributed by atoms with van der Waals surface area (Å²) in [5, 5.41) is 0.656. The Balaban J connectivity index is 1.73. The van der Waals surface area contributed by atoms with Gasteiger partial charge in [-0.2, -0.15) is 0 Å². The predicted octanol–water partition coefficient (Wildman–Crippen LogP) is 3.59. The average molecular weight is 267 g/mol. The smallest absolute Gasteiger partial charge is 0.0635 e. The molecule has 0 unspecified atom stereocenters. The molecule has 2 nitrogen and oxygen atoms in total. The Morgan fingerprint density at radius 2 is 2.06 bits per heavy atom. The Morgan fingerprint density at radius 1 is 1.33 bits per heavy atom. The number of hydrogen-bond acceptors (Lipinski definition) is 2. The van der Waals surface area contributed by atoms with Gasteiger partial charge >= 0.3 is 0 Å². The highest BCUT2D eigenvalue weighted by Crippen LogP contribution is 2.21. The fourth-order valence-corrected chi connectivity index (χ4v) is 2.66. The minimum absolute atomic E-state index is 0.656. The quantitative estimate of drug-likeness (QED) is 0.844. The number of halogens is 1. The second-order valence-corrected chi connectivity index (χ2v) is 5.89. The van der Waals surface area contributed by atoms with E-state index in [0.717, 1.165) is 12.3 Å². The van der Waals surface area contributed by atoms with E-state index in [1.165, 1.54) is 44.5 Å². The van der Waals surface area contributed by atoms with Crippen LogP contribution < -0.4 is 5.73 Å². The number of likely N-dealkylation sites (tertiary alicyclic amines) is 1. The van der Waals surface area contributed by atoms with Crippen molar-refractivity contribution in [2.24, 2.45) is 5.92 Å². The third-order valence-corrected chi connectivity index (χ3v) is 4.22. The van der Waals surface area contributed by atoms with Crippen LogP contribution in [0.3, 0.4) is 0 Å². The zero-order chi connectivity index (χ0) is 13.0. The lowest BCUT2D eigenvalue weighted by atomic mass is 9.99. The van der Waals surface area contributed by atoms with Crippen LogP contribution in [-0.4, -0.2) is 24.5 Å². The molecule has 0 aromatic heterocycles. The predicted molar refractivity (Wildman–Crippen MR) is 79.0 cm³/mol. The van der Waals surface area contributed by atoms with Gasteiger partial charge in [-0.05, 0) is 68.9 Å². The van der Waals surface area contributed by atoms with Gasteiger partial charge in [0, 0.05) is 0 Å². The van der Waals surface area contributed by atoms with Crippen molar-refractivity contribution in [3.63, 3.8) is 0 Å². The molecule has 0 atom stereocenters. The number of nitrogens with zero attached hydrogens (tertiary/aromatic N) is 1. The van der Waals surface area contributed by atoms with Crippen molar-refractivity contribution in [1.82, 2.24) is 4.90 Å². The van der Waals surface area contributed by atoms with Crippen LogP contribution in [0, 0.1) is 5.92 Å². The molecule has 2 N–H and O–H groups in total.